The van der Waals surface area contributed by atoms with Gasteiger partial charge in [0.05, 0.1) is 0 Å². The summed E-state index contributed by atoms with van der Waals surface area (Å²) >= 11 is 0. The van der Waals surface area contributed by atoms with Crippen LogP contribution in [-0.2, 0) is 0 Å². The number of hydrogen-bond donors (Lipinski definition) is 0. The summed E-state index contributed by atoms with van der Waals surface area (Å²) in [7, 11) is 0. The Labute approximate surface area is 68.6 Å². The van der Waals surface area contributed by atoms with Crippen LogP contribution in [0.5, 0.6) is 0 Å². The number of nitrogens with zero attached hydrogens (tertiary/aromatic N) is 1. The molecule has 0 unspecified atom stereocenters. The largest absolute Gasteiger partial charge is 0.293 e. The summed E-state index contributed by atoms with van der Waals surface area (Å²) in [6.45, 7) is 9.30. The van der Waals surface area contributed by atoms with E-state index in [-0.39, 0.29) is 11.6 Å². The SMILES string of the molecule is C[C@@H]1[C@H](F)CCN1C(C)(C)C. The van der Waals surface area contributed by atoms with Crippen molar-refractivity contribution >= 4 is 0 Å². The predicted octanol–water partition coefficient (Wildman–Crippen LogP) is 2.22. The monoisotopic (exact) mass is 159 g/mol. The second-order valence-corrected chi connectivity index (χ2v) is 4.41. The maximum absolute atomic E-state index is 13.1. The van der Waals surface area contributed by atoms with Crippen LogP contribution in [0.1, 0.15) is 34.1 Å². The van der Waals surface area contributed by atoms with Crippen LogP contribution in [0, 0.1) is 0 Å². The van der Waals surface area contributed by atoms with E-state index in [4.69, 9.17) is 0 Å². The molecule has 1 fully saturated rings. The Balaban J connectivity index is 2.62. The highest BCUT2D eigenvalue weighted by Gasteiger charge is 2.36. The molecule has 1 rings (SSSR count). The minimum Gasteiger partial charge on any atom is -0.293 e. The first-order valence-corrected chi connectivity index (χ1v) is 4.34. The molecule has 2 heteroatoms. The molecule has 0 N–H and O–H groups in total. The van der Waals surface area contributed by atoms with Crippen molar-refractivity contribution in [1.29, 1.82) is 0 Å². The van der Waals surface area contributed by atoms with Gasteiger partial charge in [-0.2, -0.15) is 0 Å². The Bertz CT molecular complexity index is 139. The second-order valence-electron chi connectivity index (χ2n) is 4.41. The molecular formula is C9H18FN. The lowest BCUT2D eigenvalue weighted by Crippen LogP contribution is -2.44. The first kappa shape index (κ1) is 8.98. The highest BCUT2D eigenvalue weighted by molar-refractivity contribution is 4.90. The maximum Gasteiger partial charge on any atom is 0.117 e. The zero-order chi connectivity index (χ0) is 8.65. The topological polar surface area (TPSA) is 3.24 Å². The fourth-order valence-corrected chi connectivity index (χ4v) is 1.85. The van der Waals surface area contributed by atoms with Crippen molar-refractivity contribution in [2.24, 2.45) is 0 Å². The molecule has 1 heterocycles. The zero-order valence-corrected chi connectivity index (χ0v) is 7.89. The zero-order valence-electron chi connectivity index (χ0n) is 7.89. The van der Waals surface area contributed by atoms with Crippen LogP contribution in [0.15, 0.2) is 0 Å². The first-order valence-electron chi connectivity index (χ1n) is 4.34. The summed E-state index contributed by atoms with van der Waals surface area (Å²) in [6, 6.07) is 0.106. The third kappa shape index (κ3) is 1.73. The lowest BCUT2D eigenvalue weighted by Gasteiger charge is -2.35. The molecule has 1 nitrogen and oxygen atoms in total. The molecule has 1 aliphatic heterocycles. The highest BCUT2D eigenvalue weighted by atomic mass is 19.1. The summed E-state index contributed by atoms with van der Waals surface area (Å²) in [6.07, 6.45) is 0.0903. The molecule has 0 amide bonds. The van der Waals surface area contributed by atoms with Gasteiger partial charge in [0.1, 0.15) is 6.17 Å². The van der Waals surface area contributed by atoms with Gasteiger partial charge in [0.15, 0.2) is 0 Å². The van der Waals surface area contributed by atoms with Crippen molar-refractivity contribution in [2.75, 3.05) is 6.54 Å². The van der Waals surface area contributed by atoms with Gasteiger partial charge in [0, 0.05) is 18.1 Å². The molecule has 0 radical (unpaired) electrons. The summed E-state index contributed by atoms with van der Waals surface area (Å²) in [5.41, 5.74) is 0.125. The maximum atomic E-state index is 13.1. The Kier molecular flexibility index (Phi) is 2.24. The first-order chi connectivity index (χ1) is 4.93. The fourth-order valence-electron chi connectivity index (χ4n) is 1.85. The minimum absolute atomic E-state index is 0.106. The fraction of sp³-hybridized carbons (Fsp3) is 1.00. The van der Waals surface area contributed by atoms with E-state index in [0.717, 1.165) is 6.54 Å². The number of alkyl halides is 1. The van der Waals surface area contributed by atoms with Crippen LogP contribution in [-0.4, -0.2) is 29.2 Å². The van der Waals surface area contributed by atoms with E-state index in [1.54, 1.807) is 0 Å². The van der Waals surface area contributed by atoms with Crippen molar-refractivity contribution < 1.29 is 4.39 Å². The van der Waals surface area contributed by atoms with Crippen molar-refractivity contribution in [1.82, 2.24) is 4.90 Å². The molecule has 0 bridgehead atoms. The smallest absolute Gasteiger partial charge is 0.117 e. The van der Waals surface area contributed by atoms with Crippen molar-refractivity contribution in [3.63, 3.8) is 0 Å². The standard InChI is InChI=1S/C9H18FN/c1-7-8(10)5-6-11(7)9(2,3)4/h7-8H,5-6H2,1-4H3/t7-,8-/m1/s1. The third-order valence-electron chi connectivity index (χ3n) is 2.52. The van der Waals surface area contributed by atoms with Crippen molar-refractivity contribution in [2.45, 2.75) is 51.9 Å². The molecular weight excluding hydrogens is 141 g/mol. The molecule has 66 valence electrons. The number of rotatable bonds is 0. The molecule has 0 saturated carbocycles. The molecule has 11 heavy (non-hydrogen) atoms. The van der Waals surface area contributed by atoms with Crippen LogP contribution in [0.4, 0.5) is 4.39 Å². The molecule has 0 aromatic carbocycles. The Morgan fingerprint density at radius 2 is 1.91 bits per heavy atom. The quantitative estimate of drug-likeness (QED) is 0.524. The normalized spacial score (nSPS) is 34.6. The summed E-state index contributed by atoms with van der Waals surface area (Å²) in [4.78, 5) is 2.23. The van der Waals surface area contributed by atoms with Crippen LogP contribution in [0.25, 0.3) is 0 Å². The van der Waals surface area contributed by atoms with Crippen LogP contribution < -0.4 is 0 Å². The molecule has 2 atom stereocenters. The summed E-state index contributed by atoms with van der Waals surface area (Å²) in [5, 5.41) is 0. The van der Waals surface area contributed by atoms with E-state index < -0.39 is 6.17 Å². The van der Waals surface area contributed by atoms with Gasteiger partial charge in [-0.25, -0.2) is 4.39 Å². The summed E-state index contributed by atoms with van der Waals surface area (Å²) < 4.78 is 13.1. The summed E-state index contributed by atoms with van der Waals surface area (Å²) in [5.74, 6) is 0. The molecule has 0 aliphatic carbocycles. The Morgan fingerprint density at radius 3 is 2.09 bits per heavy atom. The predicted molar refractivity (Wildman–Crippen MR) is 45.4 cm³/mol. The third-order valence-corrected chi connectivity index (χ3v) is 2.52. The Morgan fingerprint density at radius 1 is 1.36 bits per heavy atom. The van der Waals surface area contributed by atoms with Gasteiger partial charge >= 0.3 is 0 Å². The minimum atomic E-state index is -0.616. The van der Waals surface area contributed by atoms with E-state index in [2.05, 4.69) is 25.7 Å². The van der Waals surface area contributed by atoms with E-state index in [1.165, 1.54) is 0 Å². The average molecular weight is 159 g/mol. The van der Waals surface area contributed by atoms with Gasteiger partial charge in [-0.1, -0.05) is 0 Å². The van der Waals surface area contributed by atoms with Gasteiger partial charge in [-0.15, -0.1) is 0 Å². The number of halogens is 1. The molecule has 0 spiro atoms. The highest BCUT2D eigenvalue weighted by Crippen LogP contribution is 2.27. The number of likely N-dealkylation sites (tertiary alicyclic amines) is 1. The van der Waals surface area contributed by atoms with Crippen molar-refractivity contribution in [3.8, 4) is 0 Å². The van der Waals surface area contributed by atoms with Crippen molar-refractivity contribution in [3.05, 3.63) is 0 Å². The van der Waals surface area contributed by atoms with Gasteiger partial charge in [0.2, 0.25) is 0 Å². The van der Waals surface area contributed by atoms with Crippen LogP contribution in [0.3, 0.4) is 0 Å². The lowest BCUT2D eigenvalue weighted by molar-refractivity contribution is 0.107. The molecule has 1 saturated heterocycles. The van der Waals surface area contributed by atoms with Gasteiger partial charge in [-0.05, 0) is 34.1 Å². The van der Waals surface area contributed by atoms with Crippen LogP contribution in [0.2, 0.25) is 0 Å². The molecule has 0 aromatic rings. The lowest BCUT2D eigenvalue weighted by atomic mass is 10.1. The second kappa shape index (κ2) is 2.74. The molecule has 1 aliphatic rings. The average Bonchev–Trinajstić information content (AvgIpc) is 2.11. The van der Waals surface area contributed by atoms with E-state index in [0.29, 0.717) is 6.42 Å². The number of hydrogen-bond acceptors (Lipinski definition) is 1. The van der Waals surface area contributed by atoms with E-state index in [1.807, 2.05) is 6.92 Å². The van der Waals surface area contributed by atoms with Gasteiger partial charge < -0.3 is 0 Å². The van der Waals surface area contributed by atoms with Crippen LogP contribution >= 0.6 is 0 Å². The Hall–Kier alpha value is -0.110. The van der Waals surface area contributed by atoms with E-state index in [9.17, 15) is 4.39 Å². The molecule has 0 aromatic heterocycles. The van der Waals surface area contributed by atoms with Gasteiger partial charge in [0.25, 0.3) is 0 Å². The van der Waals surface area contributed by atoms with Gasteiger partial charge in [-0.3, -0.25) is 4.90 Å². The van der Waals surface area contributed by atoms with E-state index >= 15 is 0 Å².